The Balaban J connectivity index is 2.96. The minimum atomic E-state index is -0.377. The Bertz CT molecular complexity index is 341. The van der Waals surface area contributed by atoms with E-state index in [4.69, 9.17) is 11.6 Å². The zero-order valence-corrected chi connectivity index (χ0v) is 10.2. The van der Waals surface area contributed by atoms with E-state index in [0.717, 1.165) is 0 Å². The largest absolute Gasteiger partial charge is 0.354 e. The third kappa shape index (κ3) is 2.81. The molecule has 1 aromatic rings. The number of pyridine rings is 1. The van der Waals surface area contributed by atoms with Crippen LogP contribution in [0.5, 0.6) is 0 Å². The minimum Gasteiger partial charge on any atom is -0.354 e. The lowest BCUT2D eigenvalue weighted by molar-refractivity contribution is 0.493. The summed E-state index contributed by atoms with van der Waals surface area (Å²) in [7, 11) is 1.84. The van der Waals surface area contributed by atoms with Gasteiger partial charge in [-0.1, -0.05) is 25.4 Å². The van der Waals surface area contributed by atoms with Gasteiger partial charge in [-0.15, -0.1) is 0 Å². The zero-order valence-electron chi connectivity index (χ0n) is 9.46. The van der Waals surface area contributed by atoms with Crippen molar-refractivity contribution in [3.8, 4) is 0 Å². The van der Waals surface area contributed by atoms with Crippen molar-refractivity contribution in [3.63, 3.8) is 0 Å². The number of aromatic nitrogens is 1. The molecule has 15 heavy (non-hydrogen) atoms. The molecule has 0 fully saturated rings. The van der Waals surface area contributed by atoms with Gasteiger partial charge in [-0.05, 0) is 18.9 Å². The molecule has 0 amide bonds. The first-order chi connectivity index (χ1) is 6.93. The van der Waals surface area contributed by atoms with Crippen molar-refractivity contribution >= 4 is 17.4 Å². The maximum absolute atomic E-state index is 13.5. The van der Waals surface area contributed by atoms with Crippen molar-refractivity contribution in [2.75, 3.05) is 11.9 Å². The van der Waals surface area contributed by atoms with E-state index in [0.29, 0.717) is 16.8 Å². The summed E-state index contributed by atoms with van der Waals surface area (Å²) in [5, 5.41) is 0.321. The van der Waals surface area contributed by atoms with Crippen LogP contribution in [-0.4, -0.2) is 18.1 Å². The highest BCUT2D eigenvalue weighted by Gasteiger charge is 2.17. The standard InChI is InChI=1S/C11H16ClFN2/c1-7(2)8(3)15(4)11-10(13)5-9(12)6-14-11/h5-8H,1-4H3. The molecule has 0 N–H and O–H groups in total. The topological polar surface area (TPSA) is 16.1 Å². The monoisotopic (exact) mass is 230 g/mol. The Hall–Kier alpha value is -0.830. The third-order valence-corrected chi connectivity index (χ3v) is 2.90. The molecule has 0 saturated heterocycles. The molecule has 0 aliphatic carbocycles. The molecule has 0 bridgehead atoms. The molecule has 0 aromatic carbocycles. The molecule has 0 saturated carbocycles. The van der Waals surface area contributed by atoms with Gasteiger partial charge in [0.15, 0.2) is 11.6 Å². The summed E-state index contributed by atoms with van der Waals surface area (Å²) in [5.41, 5.74) is 0. The fourth-order valence-electron chi connectivity index (χ4n) is 1.31. The van der Waals surface area contributed by atoms with Gasteiger partial charge >= 0.3 is 0 Å². The molecular formula is C11H16ClFN2. The number of anilines is 1. The first kappa shape index (κ1) is 12.2. The van der Waals surface area contributed by atoms with Crippen LogP contribution in [0.25, 0.3) is 0 Å². The van der Waals surface area contributed by atoms with Crippen molar-refractivity contribution in [1.29, 1.82) is 0 Å². The van der Waals surface area contributed by atoms with Gasteiger partial charge in [0, 0.05) is 19.3 Å². The second-order valence-corrected chi connectivity index (χ2v) is 4.49. The molecule has 1 atom stereocenters. The Kier molecular flexibility index (Phi) is 3.91. The molecule has 1 rings (SSSR count). The first-order valence-electron chi connectivity index (χ1n) is 4.97. The maximum Gasteiger partial charge on any atom is 0.167 e. The van der Waals surface area contributed by atoms with Gasteiger partial charge in [-0.25, -0.2) is 9.37 Å². The van der Waals surface area contributed by atoms with Crippen LogP contribution in [0.1, 0.15) is 20.8 Å². The van der Waals surface area contributed by atoms with E-state index in [1.807, 2.05) is 18.9 Å². The average molecular weight is 231 g/mol. The number of nitrogens with zero attached hydrogens (tertiary/aromatic N) is 2. The second kappa shape index (κ2) is 4.79. The van der Waals surface area contributed by atoms with Crippen LogP contribution < -0.4 is 4.90 Å². The molecule has 4 heteroatoms. The van der Waals surface area contributed by atoms with Crippen LogP contribution in [0.15, 0.2) is 12.3 Å². The highest BCUT2D eigenvalue weighted by molar-refractivity contribution is 6.30. The van der Waals surface area contributed by atoms with Crippen LogP contribution in [0.2, 0.25) is 5.02 Å². The number of halogens is 2. The van der Waals surface area contributed by atoms with Gasteiger partial charge in [0.2, 0.25) is 0 Å². The first-order valence-corrected chi connectivity index (χ1v) is 5.35. The van der Waals surface area contributed by atoms with Gasteiger partial charge in [-0.2, -0.15) is 0 Å². The summed E-state index contributed by atoms with van der Waals surface area (Å²) in [6.07, 6.45) is 1.46. The van der Waals surface area contributed by atoms with Gasteiger partial charge in [0.05, 0.1) is 5.02 Å². The molecular weight excluding hydrogens is 215 g/mol. The lowest BCUT2D eigenvalue weighted by atomic mass is 10.1. The van der Waals surface area contributed by atoms with Gasteiger partial charge in [0.1, 0.15) is 0 Å². The number of rotatable bonds is 3. The maximum atomic E-state index is 13.5. The van der Waals surface area contributed by atoms with Crippen molar-refractivity contribution in [2.24, 2.45) is 5.92 Å². The van der Waals surface area contributed by atoms with E-state index in [2.05, 4.69) is 18.8 Å². The summed E-state index contributed by atoms with van der Waals surface area (Å²) in [6.45, 7) is 6.23. The molecule has 1 heterocycles. The lowest BCUT2D eigenvalue weighted by Gasteiger charge is -2.29. The highest BCUT2D eigenvalue weighted by Crippen LogP contribution is 2.22. The minimum absolute atomic E-state index is 0.230. The number of hydrogen-bond acceptors (Lipinski definition) is 2. The van der Waals surface area contributed by atoms with Crippen LogP contribution in [-0.2, 0) is 0 Å². The third-order valence-electron chi connectivity index (χ3n) is 2.70. The Morgan fingerprint density at radius 3 is 2.47 bits per heavy atom. The van der Waals surface area contributed by atoms with Gasteiger partial charge < -0.3 is 4.90 Å². The van der Waals surface area contributed by atoms with E-state index < -0.39 is 0 Å². The summed E-state index contributed by atoms with van der Waals surface area (Å²) >= 11 is 5.64. The smallest absolute Gasteiger partial charge is 0.167 e. The second-order valence-electron chi connectivity index (χ2n) is 4.05. The molecule has 1 unspecified atom stereocenters. The molecule has 0 aliphatic heterocycles. The highest BCUT2D eigenvalue weighted by atomic mass is 35.5. The molecule has 2 nitrogen and oxygen atoms in total. The zero-order chi connectivity index (χ0) is 11.6. The Morgan fingerprint density at radius 1 is 1.40 bits per heavy atom. The summed E-state index contributed by atoms with van der Waals surface area (Å²) in [4.78, 5) is 5.83. The van der Waals surface area contributed by atoms with Crippen molar-refractivity contribution in [3.05, 3.63) is 23.1 Å². The van der Waals surface area contributed by atoms with E-state index in [1.165, 1.54) is 12.3 Å². The average Bonchev–Trinajstić information content (AvgIpc) is 2.15. The lowest BCUT2D eigenvalue weighted by Crippen LogP contribution is -2.34. The van der Waals surface area contributed by atoms with Gasteiger partial charge in [0.25, 0.3) is 0 Å². The molecule has 1 aromatic heterocycles. The van der Waals surface area contributed by atoms with Gasteiger partial charge in [-0.3, -0.25) is 0 Å². The normalized spacial score (nSPS) is 13.0. The number of hydrogen-bond donors (Lipinski definition) is 0. The van der Waals surface area contributed by atoms with Crippen LogP contribution in [0.3, 0.4) is 0 Å². The summed E-state index contributed by atoms with van der Waals surface area (Å²) in [6, 6.07) is 1.51. The van der Waals surface area contributed by atoms with E-state index in [-0.39, 0.29) is 11.9 Å². The Labute approximate surface area is 95.1 Å². The van der Waals surface area contributed by atoms with E-state index >= 15 is 0 Å². The van der Waals surface area contributed by atoms with Crippen molar-refractivity contribution < 1.29 is 4.39 Å². The molecule has 0 radical (unpaired) electrons. The summed E-state index contributed by atoms with van der Waals surface area (Å²) < 4.78 is 13.5. The van der Waals surface area contributed by atoms with E-state index in [1.54, 1.807) is 0 Å². The SMILES string of the molecule is CC(C)C(C)N(C)c1ncc(Cl)cc1F. The van der Waals surface area contributed by atoms with Crippen LogP contribution in [0.4, 0.5) is 10.2 Å². The van der Waals surface area contributed by atoms with E-state index in [9.17, 15) is 4.39 Å². The molecule has 0 aliphatic rings. The molecule has 0 spiro atoms. The van der Waals surface area contributed by atoms with Crippen LogP contribution >= 0.6 is 11.6 Å². The predicted molar refractivity (Wildman–Crippen MR) is 61.9 cm³/mol. The summed E-state index contributed by atoms with van der Waals surface area (Å²) in [5.74, 6) is 0.407. The quantitative estimate of drug-likeness (QED) is 0.792. The van der Waals surface area contributed by atoms with Crippen LogP contribution in [0, 0.1) is 11.7 Å². The van der Waals surface area contributed by atoms with Crippen molar-refractivity contribution in [2.45, 2.75) is 26.8 Å². The predicted octanol–water partition coefficient (Wildman–Crippen LogP) is 3.35. The molecule has 84 valence electrons. The fourth-order valence-corrected chi connectivity index (χ4v) is 1.45. The van der Waals surface area contributed by atoms with Crippen molar-refractivity contribution in [1.82, 2.24) is 4.98 Å². The fraction of sp³-hybridized carbons (Fsp3) is 0.545. The Morgan fingerprint density at radius 2 is 2.00 bits per heavy atom.